The van der Waals surface area contributed by atoms with Crippen molar-refractivity contribution in [2.75, 3.05) is 31.1 Å². The number of phenolic OH excluding ortho intramolecular Hbond substituents is 1. The van der Waals surface area contributed by atoms with Crippen LogP contribution in [0.5, 0.6) is 5.75 Å². The van der Waals surface area contributed by atoms with Gasteiger partial charge in [0.25, 0.3) is 10.0 Å². The zero-order valence-electron chi connectivity index (χ0n) is 16.3. The van der Waals surface area contributed by atoms with Gasteiger partial charge in [0.1, 0.15) is 9.96 Å². The summed E-state index contributed by atoms with van der Waals surface area (Å²) in [6.07, 6.45) is 3.47. The van der Waals surface area contributed by atoms with Gasteiger partial charge >= 0.3 is 0 Å². The number of hydrogen-bond donors (Lipinski definition) is 1. The lowest BCUT2D eigenvalue weighted by Gasteiger charge is -2.41. The molecule has 30 heavy (non-hydrogen) atoms. The molecule has 3 aromatic rings. The number of hydrogen-bond acceptors (Lipinski definition) is 7. The lowest BCUT2D eigenvalue weighted by atomic mass is 10.1. The number of benzene rings is 1. The third-order valence-electron chi connectivity index (χ3n) is 5.02. The second kappa shape index (κ2) is 9.13. The molecule has 1 saturated heterocycles. The Labute approximate surface area is 180 Å². The third-order valence-corrected chi connectivity index (χ3v) is 8.26. The maximum Gasteiger partial charge on any atom is 0.252 e. The molecular weight excluding hydrogens is 422 g/mol. The van der Waals surface area contributed by atoms with Gasteiger partial charge in [-0.25, -0.2) is 8.42 Å². The fourth-order valence-corrected chi connectivity index (χ4v) is 6.12. The first-order chi connectivity index (χ1) is 14.5. The normalized spacial score (nSPS) is 17.9. The van der Waals surface area contributed by atoms with Gasteiger partial charge in [0.15, 0.2) is 0 Å². The van der Waals surface area contributed by atoms with Crippen molar-refractivity contribution in [1.82, 2.24) is 9.29 Å². The van der Waals surface area contributed by atoms with E-state index in [-0.39, 0.29) is 11.8 Å². The highest BCUT2D eigenvalue weighted by atomic mass is 32.2. The molecule has 0 amide bonds. The van der Waals surface area contributed by atoms with Crippen molar-refractivity contribution in [3.63, 3.8) is 0 Å². The van der Waals surface area contributed by atoms with Crippen LogP contribution in [0.3, 0.4) is 0 Å². The molecule has 1 atom stereocenters. The Hall–Kier alpha value is -2.46. The van der Waals surface area contributed by atoms with Crippen LogP contribution in [0.15, 0.2) is 70.5 Å². The number of sulfonamides is 1. The van der Waals surface area contributed by atoms with Crippen molar-refractivity contribution in [2.45, 2.75) is 16.9 Å². The molecular formula is C21H23N3O4S2. The first kappa shape index (κ1) is 20.8. The number of ether oxygens (including phenoxy) is 1. The van der Waals surface area contributed by atoms with Gasteiger partial charge < -0.3 is 14.7 Å². The molecule has 7 nitrogen and oxygen atoms in total. The zero-order valence-corrected chi connectivity index (χ0v) is 17.9. The second-order valence-electron chi connectivity index (χ2n) is 7.04. The summed E-state index contributed by atoms with van der Waals surface area (Å²) in [6.45, 7) is 2.03. The van der Waals surface area contributed by atoms with Gasteiger partial charge in [-0.05, 0) is 47.3 Å². The van der Waals surface area contributed by atoms with E-state index in [0.29, 0.717) is 37.1 Å². The maximum atomic E-state index is 13.0. The molecule has 1 aromatic carbocycles. The first-order valence-electron chi connectivity index (χ1n) is 9.60. The quantitative estimate of drug-likeness (QED) is 0.602. The van der Waals surface area contributed by atoms with Crippen LogP contribution >= 0.6 is 11.3 Å². The van der Waals surface area contributed by atoms with E-state index in [9.17, 15) is 13.5 Å². The van der Waals surface area contributed by atoms with E-state index in [1.54, 1.807) is 42.0 Å². The van der Waals surface area contributed by atoms with Crippen molar-refractivity contribution in [1.29, 1.82) is 0 Å². The molecule has 3 heterocycles. The molecule has 4 rings (SSSR count). The minimum Gasteiger partial charge on any atom is -0.508 e. The van der Waals surface area contributed by atoms with Crippen molar-refractivity contribution in [3.8, 4) is 5.75 Å². The number of phenols is 1. The Morgan fingerprint density at radius 3 is 2.67 bits per heavy atom. The SMILES string of the molecule is O=S(=O)(c1cccs1)N1CCN(c2ccc(O)cc2)[C@@H](COCc2cccnc2)C1. The minimum atomic E-state index is -3.52. The molecule has 0 radical (unpaired) electrons. The van der Waals surface area contributed by atoms with Crippen molar-refractivity contribution >= 4 is 27.0 Å². The highest BCUT2D eigenvalue weighted by Gasteiger charge is 2.35. The monoisotopic (exact) mass is 445 g/mol. The van der Waals surface area contributed by atoms with E-state index in [1.165, 1.54) is 15.6 Å². The average Bonchev–Trinajstić information content (AvgIpc) is 3.31. The van der Waals surface area contributed by atoms with Crippen molar-refractivity contribution < 1.29 is 18.3 Å². The van der Waals surface area contributed by atoms with Crippen molar-refractivity contribution in [3.05, 3.63) is 71.9 Å². The standard InChI is InChI=1S/C21H23N3O4S2/c25-20-7-5-18(6-8-20)24-11-10-23(30(26,27)21-4-2-12-29-21)14-19(24)16-28-15-17-3-1-9-22-13-17/h1-9,12-13,19,25H,10-11,14-16H2/t19-/m1/s1. The van der Waals surface area contributed by atoms with E-state index in [1.807, 2.05) is 24.3 Å². The molecule has 2 aromatic heterocycles. The summed E-state index contributed by atoms with van der Waals surface area (Å²) in [5, 5.41) is 11.4. The van der Waals surface area contributed by atoms with Crippen LogP contribution in [0, 0.1) is 0 Å². The average molecular weight is 446 g/mol. The van der Waals surface area contributed by atoms with E-state index < -0.39 is 10.0 Å². The molecule has 0 unspecified atom stereocenters. The number of nitrogens with zero attached hydrogens (tertiary/aromatic N) is 3. The highest BCUT2D eigenvalue weighted by molar-refractivity contribution is 7.91. The third kappa shape index (κ3) is 4.65. The second-order valence-corrected chi connectivity index (χ2v) is 10.1. The summed E-state index contributed by atoms with van der Waals surface area (Å²) in [5.41, 5.74) is 1.89. The minimum absolute atomic E-state index is 0.158. The fraction of sp³-hybridized carbons (Fsp3) is 0.286. The Balaban J connectivity index is 1.51. The van der Waals surface area contributed by atoms with Crippen molar-refractivity contribution in [2.24, 2.45) is 0 Å². The van der Waals surface area contributed by atoms with Gasteiger partial charge in [0, 0.05) is 37.7 Å². The number of rotatable bonds is 7. The van der Waals surface area contributed by atoms with Gasteiger partial charge in [-0.15, -0.1) is 11.3 Å². The number of aromatic nitrogens is 1. The molecule has 9 heteroatoms. The molecule has 0 aliphatic carbocycles. The Morgan fingerprint density at radius 2 is 1.97 bits per heavy atom. The van der Waals surface area contributed by atoms with Gasteiger partial charge in [0.2, 0.25) is 0 Å². The lowest BCUT2D eigenvalue weighted by molar-refractivity contribution is 0.0947. The lowest BCUT2D eigenvalue weighted by Crippen LogP contribution is -2.56. The van der Waals surface area contributed by atoms with Crippen LogP contribution in [0.4, 0.5) is 5.69 Å². The summed E-state index contributed by atoms with van der Waals surface area (Å²) in [5.74, 6) is 0.196. The van der Waals surface area contributed by atoms with E-state index in [0.717, 1.165) is 11.3 Å². The number of anilines is 1. The van der Waals surface area contributed by atoms with Crippen LogP contribution < -0.4 is 4.90 Å². The van der Waals surface area contributed by atoms with Gasteiger partial charge in [-0.3, -0.25) is 4.98 Å². The van der Waals surface area contributed by atoms with E-state index >= 15 is 0 Å². The number of thiophene rings is 1. The first-order valence-corrected chi connectivity index (χ1v) is 11.9. The summed E-state index contributed by atoms with van der Waals surface area (Å²) in [7, 11) is -3.52. The highest BCUT2D eigenvalue weighted by Crippen LogP contribution is 2.27. The van der Waals surface area contributed by atoms with E-state index in [2.05, 4.69) is 9.88 Å². The molecule has 0 bridgehead atoms. The molecule has 1 N–H and O–H groups in total. The van der Waals surface area contributed by atoms with Crippen LogP contribution in [0.1, 0.15) is 5.56 Å². The zero-order chi connectivity index (χ0) is 21.0. The summed E-state index contributed by atoms with van der Waals surface area (Å²) in [6, 6.07) is 14.0. The predicted octanol–water partition coefficient (Wildman–Crippen LogP) is 2.95. The van der Waals surface area contributed by atoms with Crippen LogP contribution in [-0.4, -0.2) is 55.1 Å². The van der Waals surface area contributed by atoms with Crippen LogP contribution in [-0.2, 0) is 21.4 Å². The van der Waals surface area contributed by atoms with Gasteiger partial charge in [-0.1, -0.05) is 12.1 Å². The number of piperazine rings is 1. The molecule has 1 aliphatic rings. The summed E-state index contributed by atoms with van der Waals surface area (Å²) in [4.78, 5) is 6.24. The Bertz CT molecular complexity index is 1040. The molecule has 158 valence electrons. The van der Waals surface area contributed by atoms with Crippen LogP contribution in [0.25, 0.3) is 0 Å². The van der Waals surface area contributed by atoms with Gasteiger partial charge in [-0.2, -0.15) is 4.31 Å². The molecule has 1 fully saturated rings. The fourth-order valence-electron chi connectivity index (χ4n) is 3.51. The maximum absolute atomic E-state index is 13.0. The largest absolute Gasteiger partial charge is 0.508 e. The van der Waals surface area contributed by atoms with Crippen LogP contribution in [0.2, 0.25) is 0 Å². The summed E-state index contributed by atoms with van der Waals surface area (Å²) >= 11 is 1.23. The predicted molar refractivity (Wildman–Crippen MR) is 116 cm³/mol. The molecule has 0 saturated carbocycles. The smallest absolute Gasteiger partial charge is 0.252 e. The Kier molecular flexibility index (Phi) is 6.33. The number of aromatic hydroxyl groups is 1. The molecule has 0 spiro atoms. The Morgan fingerprint density at radius 1 is 1.13 bits per heavy atom. The number of pyridine rings is 1. The van der Waals surface area contributed by atoms with E-state index in [4.69, 9.17) is 4.74 Å². The summed E-state index contributed by atoms with van der Waals surface area (Å²) < 4.78 is 33.9. The van der Waals surface area contributed by atoms with Gasteiger partial charge in [0.05, 0.1) is 19.3 Å². The topological polar surface area (TPSA) is 83.0 Å². The molecule has 1 aliphatic heterocycles.